The van der Waals surface area contributed by atoms with Crippen LogP contribution in [0.5, 0.6) is 0 Å². The Morgan fingerprint density at radius 2 is 2.21 bits per heavy atom. The molecule has 3 heterocycles. The number of aliphatic imine (C=N–C) groups is 1. The number of hydrogen-bond acceptors (Lipinski definition) is 7. The third-order valence-corrected chi connectivity index (χ3v) is 4.37. The van der Waals surface area contributed by atoms with Crippen molar-refractivity contribution in [3.05, 3.63) is 23.4 Å². The zero-order valence-corrected chi connectivity index (χ0v) is 19.1. The van der Waals surface area contributed by atoms with Crippen LogP contribution in [-0.2, 0) is 30.7 Å². The van der Waals surface area contributed by atoms with Crippen molar-refractivity contribution in [3.63, 3.8) is 0 Å². The van der Waals surface area contributed by atoms with E-state index in [1.54, 1.807) is 14.2 Å². The van der Waals surface area contributed by atoms with Gasteiger partial charge in [0.2, 0.25) is 5.89 Å². The van der Waals surface area contributed by atoms with Gasteiger partial charge in [-0.25, -0.2) is 9.67 Å². The maximum absolute atomic E-state index is 5.26. The number of aryl methyl sites for hydroxylation is 1. The van der Waals surface area contributed by atoms with Crippen LogP contribution in [0.2, 0.25) is 0 Å². The second kappa shape index (κ2) is 10.7. The molecule has 0 aliphatic carbocycles. The van der Waals surface area contributed by atoms with E-state index < -0.39 is 0 Å². The van der Waals surface area contributed by atoms with E-state index in [9.17, 15) is 0 Å². The smallest absolute Gasteiger partial charge is 0.228 e. The van der Waals surface area contributed by atoms with E-state index >= 15 is 0 Å². The molecule has 0 radical (unpaired) electrons. The van der Waals surface area contributed by atoms with Gasteiger partial charge in [-0.1, -0.05) is 19.0 Å². The number of fused-ring (bicyclic) bond motifs is 1. The molecule has 1 aliphatic heterocycles. The molecule has 0 saturated heterocycles. The molecule has 2 N–H and O–H groups in total. The number of halogens is 1. The lowest BCUT2D eigenvalue weighted by Crippen LogP contribution is -2.47. The van der Waals surface area contributed by atoms with Crippen LogP contribution in [0.25, 0.3) is 0 Å². The third-order valence-electron chi connectivity index (χ3n) is 4.37. The molecule has 10 nitrogen and oxygen atoms in total. The van der Waals surface area contributed by atoms with E-state index in [2.05, 4.69) is 35.8 Å². The van der Waals surface area contributed by atoms with Crippen molar-refractivity contribution < 1.29 is 9.26 Å². The van der Waals surface area contributed by atoms with Crippen molar-refractivity contribution in [3.8, 4) is 0 Å². The lowest BCUT2D eigenvalue weighted by Gasteiger charge is -2.25. The van der Waals surface area contributed by atoms with Gasteiger partial charge in [0.25, 0.3) is 0 Å². The van der Waals surface area contributed by atoms with Crippen LogP contribution in [0.4, 0.5) is 0 Å². The summed E-state index contributed by atoms with van der Waals surface area (Å²) in [6.07, 6.45) is 2.51. The first-order valence-corrected chi connectivity index (χ1v) is 9.30. The van der Waals surface area contributed by atoms with E-state index in [1.165, 1.54) is 0 Å². The Kier molecular flexibility index (Phi) is 8.60. The summed E-state index contributed by atoms with van der Waals surface area (Å²) in [6.45, 7) is 5.95. The number of methoxy groups -OCH3 is 1. The molecule has 3 rings (SSSR count). The Morgan fingerprint density at radius 3 is 2.89 bits per heavy atom. The molecule has 0 amide bonds. The van der Waals surface area contributed by atoms with Gasteiger partial charge in [-0.15, -0.1) is 24.0 Å². The van der Waals surface area contributed by atoms with Gasteiger partial charge in [-0.3, -0.25) is 4.99 Å². The zero-order valence-electron chi connectivity index (χ0n) is 16.8. The fourth-order valence-corrected chi connectivity index (χ4v) is 2.95. The van der Waals surface area contributed by atoms with Gasteiger partial charge in [-0.2, -0.15) is 10.1 Å². The molecular weight excluding hydrogens is 475 g/mol. The average molecular weight is 504 g/mol. The van der Waals surface area contributed by atoms with Gasteiger partial charge in [0.05, 0.1) is 6.54 Å². The summed E-state index contributed by atoms with van der Waals surface area (Å²) in [5.41, 5.74) is 0. The van der Waals surface area contributed by atoms with Gasteiger partial charge in [0.1, 0.15) is 12.4 Å². The van der Waals surface area contributed by atoms with E-state index in [0.717, 1.165) is 42.8 Å². The van der Waals surface area contributed by atoms with Crippen molar-refractivity contribution in [1.29, 1.82) is 0 Å². The molecule has 1 aliphatic rings. The van der Waals surface area contributed by atoms with Crippen molar-refractivity contribution in [2.75, 3.05) is 20.7 Å². The maximum atomic E-state index is 5.26. The molecule has 1 atom stereocenters. The van der Waals surface area contributed by atoms with Crippen LogP contribution in [-0.4, -0.2) is 57.6 Å². The molecule has 0 aromatic carbocycles. The van der Waals surface area contributed by atoms with Gasteiger partial charge in [-0.05, 0) is 6.42 Å². The normalized spacial score (nSPS) is 16.6. The summed E-state index contributed by atoms with van der Waals surface area (Å²) in [4.78, 5) is 13.2. The largest absolute Gasteiger partial charge is 0.377 e. The number of aromatic nitrogens is 5. The molecule has 28 heavy (non-hydrogen) atoms. The quantitative estimate of drug-likeness (QED) is 0.329. The average Bonchev–Trinajstić information content (AvgIpc) is 3.27. The highest BCUT2D eigenvalue weighted by Crippen LogP contribution is 2.13. The van der Waals surface area contributed by atoms with Crippen molar-refractivity contribution >= 4 is 29.9 Å². The van der Waals surface area contributed by atoms with Crippen LogP contribution >= 0.6 is 24.0 Å². The third kappa shape index (κ3) is 5.87. The monoisotopic (exact) mass is 504 g/mol. The number of nitrogens with one attached hydrogen (secondary N) is 2. The second-order valence-corrected chi connectivity index (χ2v) is 6.89. The van der Waals surface area contributed by atoms with Crippen LogP contribution in [0.1, 0.15) is 49.6 Å². The maximum Gasteiger partial charge on any atom is 0.228 e. The minimum Gasteiger partial charge on any atom is -0.377 e. The summed E-state index contributed by atoms with van der Waals surface area (Å²) in [5, 5.41) is 15.2. The lowest BCUT2D eigenvalue weighted by atomic mass is 10.1. The van der Waals surface area contributed by atoms with E-state index in [4.69, 9.17) is 9.26 Å². The van der Waals surface area contributed by atoms with Crippen LogP contribution in [0, 0.1) is 0 Å². The van der Waals surface area contributed by atoms with Crippen molar-refractivity contribution in [2.45, 2.75) is 58.2 Å². The second-order valence-electron chi connectivity index (χ2n) is 6.89. The Balaban J connectivity index is 0.00000280. The van der Waals surface area contributed by atoms with Crippen molar-refractivity contribution in [1.82, 2.24) is 35.5 Å². The molecule has 2 aromatic rings. The highest BCUT2D eigenvalue weighted by Gasteiger charge is 2.22. The van der Waals surface area contributed by atoms with Crippen LogP contribution < -0.4 is 10.6 Å². The molecule has 156 valence electrons. The van der Waals surface area contributed by atoms with E-state index in [1.807, 2.05) is 18.5 Å². The summed E-state index contributed by atoms with van der Waals surface area (Å²) in [6, 6.07) is 0.247. The van der Waals surface area contributed by atoms with Gasteiger partial charge in [0, 0.05) is 45.5 Å². The lowest BCUT2D eigenvalue weighted by molar-refractivity contribution is 0.177. The molecule has 0 fully saturated rings. The SMILES string of the molecule is CN=C(NCCc1nc(C(C)C)no1)NC1CCc2nc(COC)nn2C1.I. The molecule has 0 saturated carbocycles. The summed E-state index contributed by atoms with van der Waals surface area (Å²) in [5.74, 6) is 4.14. The van der Waals surface area contributed by atoms with E-state index in [0.29, 0.717) is 25.5 Å². The van der Waals surface area contributed by atoms with Crippen molar-refractivity contribution in [2.24, 2.45) is 4.99 Å². The summed E-state index contributed by atoms with van der Waals surface area (Å²) < 4.78 is 12.3. The number of nitrogens with zero attached hydrogens (tertiary/aromatic N) is 6. The van der Waals surface area contributed by atoms with E-state index in [-0.39, 0.29) is 35.9 Å². The predicted molar refractivity (Wildman–Crippen MR) is 115 cm³/mol. The van der Waals surface area contributed by atoms with Crippen LogP contribution in [0.15, 0.2) is 9.52 Å². The Morgan fingerprint density at radius 1 is 1.39 bits per heavy atom. The summed E-state index contributed by atoms with van der Waals surface area (Å²) in [7, 11) is 3.41. The topological polar surface area (TPSA) is 115 Å². The predicted octanol–water partition coefficient (Wildman–Crippen LogP) is 1.27. The fourth-order valence-electron chi connectivity index (χ4n) is 2.95. The number of hydrogen-bond donors (Lipinski definition) is 2. The fraction of sp³-hybridized carbons (Fsp3) is 0.706. The molecule has 1 unspecified atom stereocenters. The number of guanidine groups is 1. The molecule has 11 heteroatoms. The molecule has 0 bridgehead atoms. The molecule has 2 aromatic heterocycles. The number of rotatable bonds is 7. The Labute approximate surface area is 181 Å². The first-order valence-electron chi connectivity index (χ1n) is 9.30. The Bertz CT molecular complexity index is 773. The number of ether oxygens (including phenoxy) is 1. The molecular formula is C17H29IN8O2. The Hall–Kier alpha value is -1.76. The minimum atomic E-state index is 0. The van der Waals surface area contributed by atoms with Gasteiger partial charge in [0.15, 0.2) is 17.6 Å². The van der Waals surface area contributed by atoms with Crippen LogP contribution in [0.3, 0.4) is 0 Å². The first kappa shape index (κ1) is 22.5. The standard InChI is InChI=1S/C17H28N8O2.HI/c1-11(2)16-22-15(27-24-16)7-8-19-17(18-3)20-12-5-6-14-21-13(10-26-4)23-25(14)9-12;/h11-12H,5-10H2,1-4H3,(H2,18,19,20);1H. The minimum absolute atomic E-state index is 0. The zero-order chi connectivity index (χ0) is 19.2. The summed E-state index contributed by atoms with van der Waals surface area (Å²) >= 11 is 0. The first-order chi connectivity index (χ1) is 13.1. The highest BCUT2D eigenvalue weighted by atomic mass is 127. The van der Waals surface area contributed by atoms with Gasteiger partial charge >= 0.3 is 0 Å². The highest BCUT2D eigenvalue weighted by molar-refractivity contribution is 14.0. The van der Waals surface area contributed by atoms with Gasteiger partial charge < -0.3 is 19.9 Å². The molecule has 0 spiro atoms.